The van der Waals surface area contributed by atoms with Gasteiger partial charge < -0.3 is 9.47 Å². The lowest BCUT2D eigenvalue weighted by molar-refractivity contribution is -0.0640. The highest BCUT2D eigenvalue weighted by molar-refractivity contribution is 7.86. The molecular weight excluding hydrogens is 268 g/mol. The normalized spacial score (nSPS) is 23.7. The minimum Gasteiger partial charge on any atom is -0.350 e. The van der Waals surface area contributed by atoms with Crippen molar-refractivity contribution in [3.05, 3.63) is 29.8 Å². The summed E-state index contributed by atoms with van der Waals surface area (Å²) in [7, 11) is -3.72. The Morgan fingerprint density at radius 2 is 2.00 bits per heavy atom. The van der Waals surface area contributed by atoms with Crippen LogP contribution in [0.4, 0.5) is 0 Å². The van der Waals surface area contributed by atoms with Crippen molar-refractivity contribution in [1.82, 2.24) is 0 Å². The van der Waals surface area contributed by atoms with Crippen molar-refractivity contribution in [2.45, 2.75) is 37.6 Å². The lowest BCUT2D eigenvalue weighted by atomic mass is 10.2. The fourth-order valence-corrected chi connectivity index (χ4v) is 2.68. The highest BCUT2D eigenvalue weighted by Gasteiger charge is 2.27. The number of hydrogen-bond donors (Lipinski definition) is 0. The van der Waals surface area contributed by atoms with E-state index in [0.29, 0.717) is 6.61 Å². The van der Waals surface area contributed by atoms with Gasteiger partial charge in [-0.1, -0.05) is 24.6 Å². The zero-order valence-electron chi connectivity index (χ0n) is 11.0. The van der Waals surface area contributed by atoms with Crippen LogP contribution in [0.2, 0.25) is 0 Å². The van der Waals surface area contributed by atoms with Gasteiger partial charge in [0.25, 0.3) is 10.1 Å². The van der Waals surface area contributed by atoms with Crippen LogP contribution < -0.4 is 0 Å². The third kappa shape index (κ3) is 3.76. The Bertz CT molecular complexity index is 508. The summed E-state index contributed by atoms with van der Waals surface area (Å²) in [6.45, 7) is 4.18. The fraction of sp³-hybridized carbons (Fsp3) is 0.538. The summed E-state index contributed by atoms with van der Waals surface area (Å²) in [5.41, 5.74) is 0.997. The number of rotatable bonds is 5. The molecule has 1 saturated heterocycles. The molecule has 2 atom stereocenters. The number of ether oxygens (including phenoxy) is 2. The second-order valence-electron chi connectivity index (χ2n) is 4.48. The van der Waals surface area contributed by atoms with E-state index in [4.69, 9.17) is 13.7 Å². The second-order valence-corrected chi connectivity index (χ2v) is 6.10. The molecule has 1 aliphatic heterocycles. The van der Waals surface area contributed by atoms with Crippen molar-refractivity contribution in [3.63, 3.8) is 0 Å². The van der Waals surface area contributed by atoms with Crippen LogP contribution in [-0.4, -0.2) is 34.0 Å². The SMILES string of the molecule is CCC1OCC(COS(=O)(=O)c2ccc(C)cc2)O1. The average molecular weight is 286 g/mol. The summed E-state index contributed by atoms with van der Waals surface area (Å²) in [5.74, 6) is 0. The summed E-state index contributed by atoms with van der Waals surface area (Å²) >= 11 is 0. The lowest BCUT2D eigenvalue weighted by Gasteiger charge is -2.10. The van der Waals surface area contributed by atoms with E-state index in [1.165, 1.54) is 12.1 Å². The first-order chi connectivity index (χ1) is 9.01. The van der Waals surface area contributed by atoms with Gasteiger partial charge in [0.05, 0.1) is 18.1 Å². The molecule has 19 heavy (non-hydrogen) atoms. The summed E-state index contributed by atoms with van der Waals surface area (Å²) < 4.78 is 39.6. The van der Waals surface area contributed by atoms with Gasteiger partial charge in [-0.2, -0.15) is 8.42 Å². The molecule has 0 aliphatic carbocycles. The summed E-state index contributed by atoms with van der Waals surface area (Å²) in [5, 5.41) is 0. The summed E-state index contributed by atoms with van der Waals surface area (Å²) in [6, 6.07) is 6.54. The highest BCUT2D eigenvalue weighted by Crippen LogP contribution is 2.18. The third-order valence-electron chi connectivity index (χ3n) is 2.86. The fourth-order valence-electron chi connectivity index (χ4n) is 1.75. The van der Waals surface area contributed by atoms with Crippen molar-refractivity contribution in [1.29, 1.82) is 0 Å². The summed E-state index contributed by atoms with van der Waals surface area (Å²) in [4.78, 5) is 0.157. The largest absolute Gasteiger partial charge is 0.350 e. The van der Waals surface area contributed by atoms with Crippen molar-refractivity contribution in [2.75, 3.05) is 13.2 Å². The molecule has 1 aromatic rings. The highest BCUT2D eigenvalue weighted by atomic mass is 32.2. The van der Waals surface area contributed by atoms with Crippen molar-refractivity contribution < 1.29 is 22.1 Å². The van der Waals surface area contributed by atoms with Crippen LogP contribution in [0.25, 0.3) is 0 Å². The van der Waals surface area contributed by atoms with Gasteiger partial charge in [-0.05, 0) is 25.5 Å². The maximum atomic E-state index is 11.9. The van der Waals surface area contributed by atoms with Gasteiger partial charge in [-0.15, -0.1) is 0 Å². The smallest absolute Gasteiger partial charge is 0.297 e. The van der Waals surface area contributed by atoms with Gasteiger partial charge in [0.2, 0.25) is 0 Å². The van der Waals surface area contributed by atoms with Crippen LogP contribution in [0.5, 0.6) is 0 Å². The van der Waals surface area contributed by atoms with Gasteiger partial charge in [0.1, 0.15) is 6.10 Å². The van der Waals surface area contributed by atoms with Crippen LogP contribution in [0.3, 0.4) is 0 Å². The van der Waals surface area contributed by atoms with E-state index < -0.39 is 10.1 Å². The number of hydrogen-bond acceptors (Lipinski definition) is 5. The first kappa shape index (κ1) is 14.5. The molecule has 0 aromatic heterocycles. The first-order valence-electron chi connectivity index (χ1n) is 6.24. The molecule has 106 valence electrons. The quantitative estimate of drug-likeness (QED) is 0.773. The van der Waals surface area contributed by atoms with Crippen LogP contribution in [0, 0.1) is 6.92 Å². The maximum Gasteiger partial charge on any atom is 0.297 e. The van der Waals surface area contributed by atoms with E-state index in [0.717, 1.165) is 12.0 Å². The van der Waals surface area contributed by atoms with Crippen molar-refractivity contribution in [2.24, 2.45) is 0 Å². The first-order valence-corrected chi connectivity index (χ1v) is 7.65. The van der Waals surface area contributed by atoms with E-state index in [1.807, 2.05) is 13.8 Å². The minimum absolute atomic E-state index is 0.0211. The number of benzene rings is 1. The molecule has 0 bridgehead atoms. The Morgan fingerprint density at radius 1 is 1.32 bits per heavy atom. The number of aryl methyl sites for hydroxylation is 1. The predicted molar refractivity (Wildman–Crippen MR) is 69.2 cm³/mol. The van der Waals surface area contributed by atoms with E-state index in [2.05, 4.69) is 0 Å². The van der Waals surface area contributed by atoms with Crippen LogP contribution in [0.1, 0.15) is 18.9 Å². The Kier molecular flexibility index (Phi) is 4.57. The summed E-state index contributed by atoms with van der Waals surface area (Å²) in [6.07, 6.45) is 0.155. The molecule has 1 heterocycles. The van der Waals surface area contributed by atoms with Crippen LogP contribution in [-0.2, 0) is 23.8 Å². The molecule has 0 spiro atoms. The Hall–Kier alpha value is -0.950. The maximum absolute atomic E-state index is 11.9. The lowest BCUT2D eigenvalue weighted by Crippen LogP contribution is -2.21. The predicted octanol–water partition coefficient (Wildman–Crippen LogP) is 1.85. The van der Waals surface area contributed by atoms with Crippen LogP contribution in [0.15, 0.2) is 29.2 Å². The molecule has 2 rings (SSSR count). The standard InChI is InChI=1S/C13H18O5S/c1-3-13-16-8-11(18-13)9-17-19(14,15)12-6-4-10(2)5-7-12/h4-7,11,13H,3,8-9H2,1-2H3. The van der Waals surface area contributed by atoms with Gasteiger partial charge in [0, 0.05) is 0 Å². The average Bonchev–Trinajstić information content (AvgIpc) is 2.85. The van der Waals surface area contributed by atoms with Gasteiger partial charge in [-0.25, -0.2) is 0 Å². The molecule has 0 radical (unpaired) electrons. The van der Waals surface area contributed by atoms with Crippen molar-refractivity contribution in [3.8, 4) is 0 Å². The molecule has 0 N–H and O–H groups in total. The zero-order chi connectivity index (χ0) is 13.9. The third-order valence-corrected chi connectivity index (χ3v) is 4.16. The van der Waals surface area contributed by atoms with Crippen LogP contribution >= 0.6 is 0 Å². The van der Waals surface area contributed by atoms with E-state index in [1.54, 1.807) is 12.1 Å². The molecule has 1 aliphatic rings. The molecule has 2 unspecified atom stereocenters. The van der Waals surface area contributed by atoms with E-state index >= 15 is 0 Å². The van der Waals surface area contributed by atoms with Gasteiger partial charge in [0.15, 0.2) is 6.29 Å². The zero-order valence-corrected chi connectivity index (χ0v) is 11.9. The second kappa shape index (κ2) is 6.00. The molecular formula is C13H18O5S. The molecule has 0 amide bonds. The van der Waals surface area contributed by atoms with Gasteiger partial charge >= 0.3 is 0 Å². The van der Waals surface area contributed by atoms with Crippen molar-refractivity contribution >= 4 is 10.1 Å². The minimum atomic E-state index is -3.72. The molecule has 0 saturated carbocycles. The molecule has 5 nitrogen and oxygen atoms in total. The van der Waals surface area contributed by atoms with Gasteiger partial charge in [-0.3, -0.25) is 4.18 Å². The Labute approximate surface area is 113 Å². The van der Waals surface area contributed by atoms with E-state index in [9.17, 15) is 8.42 Å². The molecule has 6 heteroatoms. The molecule has 1 aromatic carbocycles. The monoisotopic (exact) mass is 286 g/mol. The Balaban J connectivity index is 1.93. The Morgan fingerprint density at radius 3 is 2.58 bits per heavy atom. The van der Waals surface area contributed by atoms with E-state index in [-0.39, 0.29) is 23.9 Å². The topological polar surface area (TPSA) is 61.8 Å². The molecule has 1 fully saturated rings.